The number of pyridine rings is 1. The smallest absolute Gasteiger partial charge is 0.253 e. The van der Waals surface area contributed by atoms with Crippen LogP contribution in [0.1, 0.15) is 10.4 Å². The lowest BCUT2D eigenvalue weighted by atomic mass is 10.1. The van der Waals surface area contributed by atoms with Gasteiger partial charge in [-0.2, -0.15) is 0 Å². The molecule has 2 rings (SSSR count). The lowest BCUT2D eigenvalue weighted by Crippen LogP contribution is -2.08. The van der Waals surface area contributed by atoms with Gasteiger partial charge in [0.25, 0.3) is 5.24 Å². The third-order valence-electron chi connectivity index (χ3n) is 2.02. The number of H-pyrrole nitrogens is 1. The van der Waals surface area contributed by atoms with E-state index in [1.807, 2.05) is 0 Å². The van der Waals surface area contributed by atoms with Crippen molar-refractivity contribution < 1.29 is 9.18 Å². The Labute approximate surface area is 88.5 Å². The fraction of sp³-hybridized carbons (Fsp3) is 0. The molecule has 0 saturated carbocycles. The van der Waals surface area contributed by atoms with E-state index in [-0.39, 0.29) is 5.56 Å². The van der Waals surface area contributed by atoms with Crippen LogP contribution in [0.5, 0.6) is 0 Å². The van der Waals surface area contributed by atoms with Crippen molar-refractivity contribution >= 4 is 27.7 Å². The number of hydrogen-bond acceptors (Lipinski definition) is 2. The SMILES string of the molecule is O=C(Cl)c1cc(=O)[nH]c2ccc(F)cc12. The van der Waals surface area contributed by atoms with Crippen LogP contribution in [0.2, 0.25) is 0 Å². The van der Waals surface area contributed by atoms with Crippen molar-refractivity contribution in [3.05, 3.63) is 46.0 Å². The first-order valence-electron chi connectivity index (χ1n) is 4.10. The lowest BCUT2D eigenvalue weighted by molar-refractivity contribution is 0.108. The Kier molecular flexibility index (Phi) is 2.28. The van der Waals surface area contributed by atoms with Gasteiger partial charge in [-0.05, 0) is 29.8 Å². The summed E-state index contributed by atoms with van der Waals surface area (Å²) >= 11 is 5.29. The predicted molar refractivity (Wildman–Crippen MR) is 54.7 cm³/mol. The molecule has 0 amide bonds. The molecule has 1 N–H and O–H groups in total. The summed E-state index contributed by atoms with van der Waals surface area (Å²) < 4.78 is 12.9. The van der Waals surface area contributed by atoms with Gasteiger partial charge >= 0.3 is 0 Å². The van der Waals surface area contributed by atoms with E-state index < -0.39 is 16.6 Å². The molecule has 0 fully saturated rings. The molecule has 0 aliphatic heterocycles. The summed E-state index contributed by atoms with van der Waals surface area (Å²) in [7, 11) is 0. The summed E-state index contributed by atoms with van der Waals surface area (Å²) in [5.41, 5.74) is -0.0547. The molecule has 0 unspecified atom stereocenters. The van der Waals surface area contributed by atoms with Gasteiger partial charge in [0.05, 0.1) is 0 Å². The van der Waals surface area contributed by atoms with Gasteiger partial charge < -0.3 is 4.98 Å². The molecule has 1 heterocycles. The highest BCUT2D eigenvalue weighted by Crippen LogP contribution is 2.17. The molecule has 76 valence electrons. The van der Waals surface area contributed by atoms with Crippen LogP contribution in [0.3, 0.4) is 0 Å². The van der Waals surface area contributed by atoms with Crippen LogP contribution >= 0.6 is 11.6 Å². The van der Waals surface area contributed by atoms with E-state index in [0.29, 0.717) is 10.9 Å². The quantitative estimate of drug-likeness (QED) is 0.755. The number of hydrogen-bond donors (Lipinski definition) is 1. The Hall–Kier alpha value is -1.68. The van der Waals surface area contributed by atoms with Gasteiger partial charge in [-0.25, -0.2) is 4.39 Å². The minimum atomic E-state index is -0.781. The normalized spacial score (nSPS) is 10.5. The predicted octanol–water partition coefficient (Wildman–Crippen LogP) is 2.05. The average molecular weight is 226 g/mol. The number of aromatic nitrogens is 1. The number of halogens is 2. The maximum absolute atomic E-state index is 12.9. The van der Waals surface area contributed by atoms with Crippen LogP contribution in [-0.2, 0) is 0 Å². The molecule has 3 nitrogen and oxygen atoms in total. The summed E-state index contributed by atoms with van der Waals surface area (Å²) in [6, 6.07) is 4.79. The summed E-state index contributed by atoms with van der Waals surface area (Å²) in [6.07, 6.45) is 0. The minimum absolute atomic E-state index is 0.00918. The topological polar surface area (TPSA) is 49.9 Å². The highest BCUT2D eigenvalue weighted by atomic mass is 35.5. The molecule has 0 bridgehead atoms. The Balaban J connectivity index is 2.94. The molecule has 0 aliphatic carbocycles. The molecule has 0 saturated heterocycles. The number of benzene rings is 1. The first-order chi connectivity index (χ1) is 7.08. The largest absolute Gasteiger partial charge is 0.322 e. The van der Waals surface area contributed by atoms with Crippen molar-refractivity contribution in [3.8, 4) is 0 Å². The lowest BCUT2D eigenvalue weighted by Gasteiger charge is -2.01. The molecule has 15 heavy (non-hydrogen) atoms. The van der Waals surface area contributed by atoms with E-state index in [4.69, 9.17) is 11.6 Å². The number of carbonyl (C=O) groups is 1. The standard InChI is InChI=1S/C10H5ClFNO2/c11-10(15)7-4-9(14)13-8-2-1-5(12)3-6(7)8/h1-4H,(H,13,14). The summed E-state index contributed by atoms with van der Waals surface area (Å²) in [4.78, 5) is 24.6. The molecule has 0 spiro atoms. The third kappa shape index (κ3) is 1.76. The zero-order chi connectivity index (χ0) is 11.0. The molecule has 1 aromatic heterocycles. The fourth-order valence-electron chi connectivity index (χ4n) is 1.39. The number of carbonyl (C=O) groups excluding carboxylic acids is 1. The van der Waals surface area contributed by atoms with Crippen molar-refractivity contribution in [1.82, 2.24) is 4.98 Å². The molecule has 5 heteroatoms. The van der Waals surface area contributed by atoms with Crippen LogP contribution in [0.15, 0.2) is 29.1 Å². The highest BCUT2D eigenvalue weighted by molar-refractivity contribution is 6.68. The first-order valence-corrected chi connectivity index (χ1v) is 4.48. The van der Waals surface area contributed by atoms with E-state index in [1.165, 1.54) is 12.1 Å². The van der Waals surface area contributed by atoms with Gasteiger partial charge in [-0.3, -0.25) is 9.59 Å². The van der Waals surface area contributed by atoms with Crippen molar-refractivity contribution in [2.45, 2.75) is 0 Å². The van der Waals surface area contributed by atoms with E-state index in [0.717, 1.165) is 12.1 Å². The second kappa shape index (κ2) is 3.47. The minimum Gasteiger partial charge on any atom is -0.322 e. The molecule has 0 radical (unpaired) electrons. The number of rotatable bonds is 1. The molecule has 0 aliphatic rings. The number of aromatic amines is 1. The molecular weight excluding hydrogens is 221 g/mol. The van der Waals surface area contributed by atoms with Crippen molar-refractivity contribution in [2.75, 3.05) is 0 Å². The third-order valence-corrected chi connectivity index (χ3v) is 2.22. The van der Waals surface area contributed by atoms with Crippen molar-refractivity contribution in [3.63, 3.8) is 0 Å². The Morgan fingerprint density at radius 1 is 1.33 bits per heavy atom. The van der Waals surface area contributed by atoms with Gasteiger partial charge in [0.2, 0.25) is 5.56 Å². The maximum atomic E-state index is 12.9. The van der Waals surface area contributed by atoms with Crippen LogP contribution < -0.4 is 5.56 Å². The van der Waals surface area contributed by atoms with E-state index in [1.54, 1.807) is 0 Å². The van der Waals surface area contributed by atoms with Crippen molar-refractivity contribution in [2.24, 2.45) is 0 Å². The number of nitrogens with one attached hydrogen (secondary N) is 1. The van der Waals surface area contributed by atoms with E-state index >= 15 is 0 Å². The van der Waals surface area contributed by atoms with Crippen LogP contribution in [0.4, 0.5) is 4.39 Å². The van der Waals surface area contributed by atoms with Crippen LogP contribution in [0, 0.1) is 5.82 Å². The first kappa shape index (κ1) is 9.86. The molecular formula is C10H5ClFNO2. The Morgan fingerprint density at radius 2 is 2.07 bits per heavy atom. The van der Waals surface area contributed by atoms with Gasteiger partial charge in [0.1, 0.15) is 5.82 Å². The van der Waals surface area contributed by atoms with Crippen LogP contribution in [0.25, 0.3) is 10.9 Å². The van der Waals surface area contributed by atoms with Gasteiger partial charge in [0, 0.05) is 22.5 Å². The maximum Gasteiger partial charge on any atom is 0.253 e. The molecule has 0 atom stereocenters. The second-order valence-corrected chi connectivity index (χ2v) is 3.35. The highest BCUT2D eigenvalue weighted by Gasteiger charge is 2.09. The van der Waals surface area contributed by atoms with Gasteiger partial charge in [-0.1, -0.05) is 0 Å². The average Bonchev–Trinajstić information content (AvgIpc) is 2.17. The zero-order valence-electron chi connectivity index (χ0n) is 7.38. The Bertz CT molecular complexity index is 606. The summed E-state index contributed by atoms with van der Waals surface area (Å²) in [5, 5.41) is -0.480. The monoisotopic (exact) mass is 225 g/mol. The summed E-state index contributed by atoms with van der Waals surface area (Å²) in [6.45, 7) is 0. The second-order valence-electron chi connectivity index (χ2n) is 3.01. The van der Waals surface area contributed by atoms with Gasteiger partial charge in [0.15, 0.2) is 0 Å². The van der Waals surface area contributed by atoms with E-state index in [2.05, 4.69) is 4.98 Å². The Morgan fingerprint density at radius 3 is 2.73 bits per heavy atom. The number of fused-ring (bicyclic) bond motifs is 1. The van der Waals surface area contributed by atoms with Crippen LogP contribution in [-0.4, -0.2) is 10.2 Å². The van der Waals surface area contributed by atoms with E-state index in [9.17, 15) is 14.0 Å². The fourth-order valence-corrected chi connectivity index (χ4v) is 1.54. The van der Waals surface area contributed by atoms with Crippen molar-refractivity contribution in [1.29, 1.82) is 0 Å². The molecule has 1 aromatic carbocycles. The summed E-state index contributed by atoms with van der Waals surface area (Å²) in [5.74, 6) is -0.492. The zero-order valence-corrected chi connectivity index (χ0v) is 8.14. The van der Waals surface area contributed by atoms with Gasteiger partial charge in [-0.15, -0.1) is 0 Å². The molecule has 2 aromatic rings.